The highest BCUT2D eigenvalue weighted by molar-refractivity contribution is 5.87. The van der Waals surface area contributed by atoms with E-state index in [4.69, 9.17) is 0 Å². The normalized spacial score (nSPS) is 29.1. The molecule has 2 aliphatic heterocycles. The number of piperidine rings is 1. The minimum absolute atomic E-state index is 0.435. The average Bonchev–Trinajstić information content (AvgIpc) is 3.17. The predicted molar refractivity (Wildman–Crippen MR) is 112 cm³/mol. The van der Waals surface area contributed by atoms with E-state index in [0.717, 1.165) is 36.9 Å². The lowest BCUT2D eigenvalue weighted by Crippen LogP contribution is -2.46. The average molecular weight is 394 g/mol. The molecule has 29 heavy (non-hydrogen) atoms. The molecule has 0 N–H and O–H groups in total. The summed E-state index contributed by atoms with van der Waals surface area (Å²) in [6.45, 7) is 2.39. The van der Waals surface area contributed by atoms with Gasteiger partial charge in [-0.05, 0) is 61.4 Å². The summed E-state index contributed by atoms with van der Waals surface area (Å²) in [4.78, 5) is 20.1. The van der Waals surface area contributed by atoms with Crippen molar-refractivity contribution in [1.29, 1.82) is 0 Å². The Bertz CT molecular complexity index is 871. The first kappa shape index (κ1) is 18.7. The van der Waals surface area contributed by atoms with Gasteiger partial charge < -0.3 is 0 Å². The minimum atomic E-state index is -0.538. The largest absolute Gasteiger partial charge is 0.299 e. The first-order valence-corrected chi connectivity index (χ1v) is 10.9. The lowest BCUT2D eigenvalue weighted by Gasteiger charge is -2.45. The second kappa shape index (κ2) is 7.86. The fourth-order valence-corrected chi connectivity index (χ4v) is 6.05. The SMILES string of the molecule is O=CN(c1ccc(F)nc1)c1ccccc1C1CCN2CC3CCCCC3CC12. The second-order valence-electron chi connectivity index (χ2n) is 8.87. The predicted octanol–water partition coefficient (Wildman–Crippen LogP) is 4.88. The van der Waals surface area contributed by atoms with Crippen LogP contribution in [0, 0.1) is 17.8 Å². The highest BCUT2D eigenvalue weighted by atomic mass is 19.1. The molecule has 4 unspecified atom stereocenters. The second-order valence-corrected chi connectivity index (χ2v) is 8.87. The zero-order chi connectivity index (χ0) is 19.8. The van der Waals surface area contributed by atoms with E-state index in [-0.39, 0.29) is 0 Å². The van der Waals surface area contributed by atoms with E-state index in [1.54, 1.807) is 11.0 Å². The Labute approximate surface area is 171 Å². The fourth-order valence-electron chi connectivity index (χ4n) is 6.05. The van der Waals surface area contributed by atoms with Crippen molar-refractivity contribution in [2.24, 2.45) is 11.8 Å². The molecule has 2 aromatic rings. The summed E-state index contributed by atoms with van der Waals surface area (Å²) in [5, 5.41) is 0. The van der Waals surface area contributed by atoms with Gasteiger partial charge in [-0.15, -0.1) is 0 Å². The number of halogens is 1. The maximum absolute atomic E-state index is 13.3. The third kappa shape index (κ3) is 3.46. The Morgan fingerprint density at radius 2 is 1.90 bits per heavy atom. The van der Waals surface area contributed by atoms with Crippen molar-refractivity contribution in [2.75, 3.05) is 18.0 Å². The number of benzene rings is 1. The molecule has 5 heteroatoms. The van der Waals surface area contributed by atoms with Crippen LogP contribution in [0.25, 0.3) is 0 Å². The molecule has 1 aromatic carbocycles. The molecular weight excluding hydrogens is 365 g/mol. The maximum atomic E-state index is 13.3. The molecule has 0 radical (unpaired) electrons. The van der Waals surface area contributed by atoms with Gasteiger partial charge in [-0.2, -0.15) is 4.39 Å². The molecule has 1 aromatic heterocycles. The van der Waals surface area contributed by atoms with E-state index in [9.17, 15) is 9.18 Å². The number of para-hydroxylation sites is 1. The van der Waals surface area contributed by atoms with Crippen LogP contribution in [0.3, 0.4) is 0 Å². The molecular formula is C24H28FN3O. The molecule has 0 spiro atoms. The van der Waals surface area contributed by atoms with Crippen LogP contribution in [0.2, 0.25) is 0 Å². The number of anilines is 2. The first-order valence-electron chi connectivity index (χ1n) is 10.9. The van der Waals surface area contributed by atoms with Crippen LogP contribution in [0.15, 0.2) is 42.6 Å². The number of pyridine rings is 1. The number of hydrogen-bond acceptors (Lipinski definition) is 3. The fraction of sp³-hybridized carbons (Fsp3) is 0.500. The molecule has 4 atom stereocenters. The lowest BCUT2D eigenvalue weighted by atomic mass is 9.71. The highest BCUT2D eigenvalue weighted by Gasteiger charge is 2.44. The zero-order valence-corrected chi connectivity index (χ0v) is 16.7. The summed E-state index contributed by atoms with van der Waals surface area (Å²) in [5.74, 6) is 1.64. The van der Waals surface area contributed by atoms with Gasteiger partial charge in [0.15, 0.2) is 0 Å². The van der Waals surface area contributed by atoms with Crippen molar-refractivity contribution < 1.29 is 9.18 Å². The van der Waals surface area contributed by atoms with E-state index in [2.05, 4.69) is 22.0 Å². The molecule has 3 heterocycles. The molecule has 3 aliphatic rings. The summed E-state index contributed by atoms with van der Waals surface area (Å²) in [5.41, 5.74) is 2.72. The molecule has 1 aliphatic carbocycles. The van der Waals surface area contributed by atoms with Gasteiger partial charge in [0.25, 0.3) is 0 Å². The van der Waals surface area contributed by atoms with Gasteiger partial charge in [0.2, 0.25) is 12.4 Å². The van der Waals surface area contributed by atoms with Crippen molar-refractivity contribution >= 4 is 17.8 Å². The van der Waals surface area contributed by atoms with Crippen molar-refractivity contribution in [1.82, 2.24) is 9.88 Å². The van der Waals surface area contributed by atoms with Gasteiger partial charge in [-0.25, -0.2) is 4.98 Å². The summed E-state index contributed by atoms with van der Waals surface area (Å²) in [7, 11) is 0. The van der Waals surface area contributed by atoms with Gasteiger partial charge >= 0.3 is 0 Å². The van der Waals surface area contributed by atoms with Gasteiger partial charge in [0.05, 0.1) is 17.6 Å². The quantitative estimate of drug-likeness (QED) is 0.549. The van der Waals surface area contributed by atoms with E-state index >= 15 is 0 Å². The van der Waals surface area contributed by atoms with Gasteiger partial charge in [0, 0.05) is 18.5 Å². The zero-order valence-electron chi connectivity index (χ0n) is 16.7. The highest BCUT2D eigenvalue weighted by Crippen LogP contribution is 2.48. The van der Waals surface area contributed by atoms with E-state index < -0.39 is 5.95 Å². The van der Waals surface area contributed by atoms with Gasteiger partial charge in [-0.1, -0.05) is 37.5 Å². The van der Waals surface area contributed by atoms with Crippen LogP contribution < -0.4 is 4.90 Å². The van der Waals surface area contributed by atoms with Crippen LogP contribution in [0.5, 0.6) is 0 Å². The Hall–Kier alpha value is -2.27. The van der Waals surface area contributed by atoms with Crippen molar-refractivity contribution in [2.45, 2.75) is 50.5 Å². The van der Waals surface area contributed by atoms with E-state index in [0.29, 0.717) is 17.6 Å². The van der Waals surface area contributed by atoms with Crippen LogP contribution in [0.1, 0.15) is 50.0 Å². The molecule has 4 nitrogen and oxygen atoms in total. The summed E-state index contributed by atoms with van der Waals surface area (Å²) >= 11 is 0. The number of hydrogen-bond donors (Lipinski definition) is 0. The molecule has 2 saturated heterocycles. The van der Waals surface area contributed by atoms with Crippen LogP contribution in [-0.4, -0.2) is 35.4 Å². The van der Waals surface area contributed by atoms with Gasteiger partial charge in [-0.3, -0.25) is 14.6 Å². The van der Waals surface area contributed by atoms with Crippen molar-refractivity contribution in [3.05, 3.63) is 54.1 Å². The smallest absolute Gasteiger partial charge is 0.218 e. The first-order chi connectivity index (χ1) is 14.2. The number of rotatable bonds is 4. The third-order valence-electron chi connectivity index (χ3n) is 7.43. The number of aromatic nitrogens is 1. The maximum Gasteiger partial charge on any atom is 0.218 e. The molecule has 0 bridgehead atoms. The van der Waals surface area contributed by atoms with Crippen molar-refractivity contribution in [3.63, 3.8) is 0 Å². The number of fused-ring (bicyclic) bond motifs is 2. The summed E-state index contributed by atoms with van der Waals surface area (Å²) < 4.78 is 13.3. The number of amides is 1. The van der Waals surface area contributed by atoms with Crippen LogP contribution in [0.4, 0.5) is 15.8 Å². The van der Waals surface area contributed by atoms with Crippen LogP contribution >= 0.6 is 0 Å². The standard InChI is InChI=1S/C24H28FN3O/c25-24-10-9-19(14-26-24)28(16-29)22-8-4-3-7-20(22)21-11-12-27-15-18-6-2-1-5-17(18)13-23(21)27/h3-4,7-10,14,16-18,21,23H,1-2,5-6,11-13,15H2. The number of nitrogens with zero attached hydrogens (tertiary/aromatic N) is 3. The van der Waals surface area contributed by atoms with Gasteiger partial charge in [0.1, 0.15) is 0 Å². The minimum Gasteiger partial charge on any atom is -0.299 e. The monoisotopic (exact) mass is 393 g/mol. The number of carbonyl (C=O) groups excluding carboxylic acids is 1. The van der Waals surface area contributed by atoms with E-state index in [1.807, 2.05) is 12.1 Å². The Balaban J connectivity index is 1.46. The van der Waals surface area contributed by atoms with Crippen LogP contribution in [-0.2, 0) is 4.79 Å². The molecule has 1 amide bonds. The van der Waals surface area contributed by atoms with Crippen molar-refractivity contribution in [3.8, 4) is 0 Å². The molecule has 152 valence electrons. The molecule has 1 saturated carbocycles. The molecule has 5 rings (SSSR count). The topological polar surface area (TPSA) is 36.4 Å². The summed E-state index contributed by atoms with van der Waals surface area (Å²) in [6, 6.07) is 11.7. The molecule has 3 fully saturated rings. The lowest BCUT2D eigenvalue weighted by molar-refractivity contribution is -0.106. The van der Waals surface area contributed by atoms with E-state index in [1.165, 1.54) is 56.5 Å². The Morgan fingerprint density at radius 3 is 2.69 bits per heavy atom. The Kier molecular flexibility index (Phi) is 5.08. The number of carbonyl (C=O) groups is 1. The Morgan fingerprint density at radius 1 is 1.07 bits per heavy atom. The summed E-state index contributed by atoms with van der Waals surface area (Å²) in [6.07, 6.45) is 10.2. The third-order valence-corrected chi connectivity index (χ3v) is 7.43.